The molecule has 0 saturated carbocycles. The zero-order valence-corrected chi connectivity index (χ0v) is 21.1. The van der Waals surface area contributed by atoms with Crippen LogP contribution >= 0.6 is 11.8 Å². The van der Waals surface area contributed by atoms with E-state index in [-0.39, 0.29) is 30.6 Å². The molecule has 2 unspecified atom stereocenters. The van der Waals surface area contributed by atoms with Crippen LogP contribution in [-0.4, -0.2) is 36.8 Å². The van der Waals surface area contributed by atoms with Crippen molar-refractivity contribution in [2.45, 2.75) is 37.7 Å². The number of rotatable bonds is 13. The van der Waals surface area contributed by atoms with Gasteiger partial charge < -0.3 is 28.4 Å². The molecule has 13 heteroatoms. The fraction of sp³-hybridized carbons (Fsp3) is 0.320. The van der Waals surface area contributed by atoms with E-state index in [9.17, 15) is 27.6 Å². The number of amides is 1. The Morgan fingerprint density at radius 1 is 1.13 bits per heavy atom. The van der Waals surface area contributed by atoms with Crippen LogP contribution in [0.1, 0.15) is 28.8 Å². The van der Waals surface area contributed by atoms with E-state index in [0.29, 0.717) is 23.4 Å². The highest BCUT2D eigenvalue weighted by Gasteiger charge is 2.31. The average Bonchev–Trinajstić information content (AvgIpc) is 3.19. The minimum atomic E-state index is -4.87. The number of aryl methyl sites for hydroxylation is 1. The molecule has 0 radical (unpaired) electrons. The minimum absolute atomic E-state index is 0.113. The number of benzene rings is 2. The lowest BCUT2D eigenvalue weighted by molar-refractivity contribution is -0.274. The molecular weight excluding hydrogens is 531 g/mol. The number of hydrogen-bond donors (Lipinski definition) is 1. The highest BCUT2D eigenvalue weighted by molar-refractivity contribution is 8.13. The van der Waals surface area contributed by atoms with Crippen molar-refractivity contribution >= 4 is 23.3 Å². The van der Waals surface area contributed by atoms with E-state index >= 15 is 0 Å². The van der Waals surface area contributed by atoms with Crippen LogP contribution in [0.5, 0.6) is 11.5 Å². The number of halogens is 3. The highest BCUT2D eigenvalue weighted by Crippen LogP contribution is 2.28. The van der Waals surface area contributed by atoms with Gasteiger partial charge in [0.25, 0.3) is 0 Å². The first-order valence-corrected chi connectivity index (χ1v) is 12.1. The second kappa shape index (κ2) is 13.2. The standard InChI is InChI=1S/C25H24F3NO8S/c1-15-20(36-24(32)35-15)12-34-21(17-4-3-5-19(11-17)37-25(26,27)28)13-33-18-8-6-16(7-9-18)10-22(38-14-30)23(31)29-2/h3-9,11,14,21-22H,10,12-13H2,1-2H3,(H,29,31). The number of alkyl halides is 3. The van der Waals surface area contributed by atoms with E-state index < -0.39 is 29.3 Å². The Kier molecular flexibility index (Phi) is 10.0. The second-order valence-corrected chi connectivity index (χ2v) is 8.88. The molecule has 1 N–H and O–H groups in total. The molecule has 0 aliphatic rings. The summed E-state index contributed by atoms with van der Waals surface area (Å²) in [6.07, 6.45) is -5.44. The lowest BCUT2D eigenvalue weighted by atomic mass is 10.1. The summed E-state index contributed by atoms with van der Waals surface area (Å²) < 4.78 is 63.5. The van der Waals surface area contributed by atoms with Gasteiger partial charge in [0.2, 0.25) is 5.91 Å². The Labute approximate surface area is 219 Å². The molecule has 1 heterocycles. The zero-order chi connectivity index (χ0) is 27.7. The smallest absolute Gasteiger partial charge is 0.491 e. The summed E-state index contributed by atoms with van der Waals surface area (Å²) in [7, 11) is 1.49. The molecule has 0 aliphatic carbocycles. The summed E-state index contributed by atoms with van der Waals surface area (Å²) in [6, 6.07) is 12.0. The minimum Gasteiger partial charge on any atom is -0.491 e. The fourth-order valence-corrected chi connectivity index (χ4v) is 4.04. The third-order valence-corrected chi connectivity index (χ3v) is 6.04. The van der Waals surface area contributed by atoms with Crippen LogP contribution in [0.4, 0.5) is 13.2 Å². The molecule has 0 fully saturated rings. The van der Waals surface area contributed by atoms with Crippen LogP contribution in [0.3, 0.4) is 0 Å². The first-order chi connectivity index (χ1) is 18.1. The van der Waals surface area contributed by atoms with E-state index in [1.165, 1.54) is 26.1 Å². The Morgan fingerprint density at radius 3 is 2.47 bits per heavy atom. The van der Waals surface area contributed by atoms with Gasteiger partial charge in [-0.05, 0) is 48.7 Å². The maximum absolute atomic E-state index is 12.7. The molecule has 3 rings (SSSR count). The molecule has 9 nitrogen and oxygen atoms in total. The largest absolute Gasteiger partial charge is 0.573 e. The van der Waals surface area contributed by atoms with Gasteiger partial charge in [-0.15, -0.1) is 13.2 Å². The van der Waals surface area contributed by atoms with E-state index in [2.05, 4.69) is 10.1 Å². The summed E-state index contributed by atoms with van der Waals surface area (Å²) in [5.41, 5.74) is 1.73. The topological polar surface area (TPSA) is 117 Å². The number of carbonyl (C=O) groups is 2. The number of ether oxygens (including phenoxy) is 3. The number of hydrogen-bond acceptors (Lipinski definition) is 9. The van der Waals surface area contributed by atoms with Crippen LogP contribution < -0.4 is 20.6 Å². The van der Waals surface area contributed by atoms with Crippen molar-refractivity contribution in [1.82, 2.24) is 5.32 Å². The molecule has 204 valence electrons. The van der Waals surface area contributed by atoms with Crippen molar-refractivity contribution < 1.29 is 45.8 Å². The molecule has 2 atom stereocenters. The van der Waals surface area contributed by atoms with E-state index in [1.54, 1.807) is 30.3 Å². The van der Waals surface area contributed by atoms with Crippen LogP contribution in [0.15, 0.2) is 62.2 Å². The molecule has 0 bridgehead atoms. The summed E-state index contributed by atoms with van der Waals surface area (Å²) in [6.45, 7) is 1.19. The van der Waals surface area contributed by atoms with Crippen molar-refractivity contribution in [1.29, 1.82) is 0 Å². The molecule has 1 aromatic heterocycles. The van der Waals surface area contributed by atoms with Crippen molar-refractivity contribution in [3.05, 3.63) is 81.8 Å². The van der Waals surface area contributed by atoms with Gasteiger partial charge in [0.15, 0.2) is 11.4 Å². The monoisotopic (exact) mass is 555 g/mol. The average molecular weight is 556 g/mol. The molecule has 2 aromatic carbocycles. The molecule has 1 amide bonds. The molecule has 0 saturated heterocycles. The van der Waals surface area contributed by atoms with Gasteiger partial charge in [-0.2, -0.15) is 0 Å². The van der Waals surface area contributed by atoms with Gasteiger partial charge in [-0.25, -0.2) is 4.79 Å². The molecular formula is C25H24F3NO8S. The van der Waals surface area contributed by atoms with Crippen LogP contribution in [-0.2, 0) is 27.4 Å². The Bertz CT molecular complexity index is 1270. The maximum Gasteiger partial charge on any atom is 0.573 e. The van der Waals surface area contributed by atoms with Crippen LogP contribution in [0.2, 0.25) is 0 Å². The first kappa shape index (κ1) is 28.9. The summed E-state index contributed by atoms with van der Waals surface area (Å²) in [5, 5.41) is 1.93. The Balaban J connectivity index is 1.73. The lowest BCUT2D eigenvalue weighted by Gasteiger charge is -2.20. The molecule has 0 aliphatic heterocycles. The van der Waals surface area contributed by atoms with Gasteiger partial charge >= 0.3 is 12.2 Å². The Morgan fingerprint density at radius 2 is 1.87 bits per heavy atom. The summed E-state index contributed by atoms with van der Waals surface area (Å²) in [4.78, 5) is 34.1. The van der Waals surface area contributed by atoms with E-state index in [1.807, 2.05) is 0 Å². The van der Waals surface area contributed by atoms with Gasteiger partial charge in [-0.3, -0.25) is 9.59 Å². The van der Waals surface area contributed by atoms with Gasteiger partial charge in [0.05, 0.1) is 5.25 Å². The zero-order valence-electron chi connectivity index (χ0n) is 20.3. The molecule has 3 aromatic rings. The van der Waals surface area contributed by atoms with Crippen molar-refractivity contribution in [2.75, 3.05) is 13.7 Å². The molecule has 38 heavy (non-hydrogen) atoms. The number of nitrogens with one attached hydrogen (secondary N) is 1. The van der Waals surface area contributed by atoms with Gasteiger partial charge in [0.1, 0.15) is 36.6 Å². The summed E-state index contributed by atoms with van der Waals surface area (Å²) in [5.74, 6) is -0.843. The second-order valence-electron chi connectivity index (χ2n) is 7.85. The lowest BCUT2D eigenvalue weighted by Crippen LogP contribution is -2.31. The Hall–Kier alpha value is -3.71. The van der Waals surface area contributed by atoms with Crippen LogP contribution in [0.25, 0.3) is 0 Å². The SMILES string of the molecule is CNC(=O)C(Cc1ccc(OCC(OCc2oc(=O)oc2C)c2cccc(OC(F)(F)F)c2)cc1)SC=O. The number of thioether (sulfide) groups is 1. The summed E-state index contributed by atoms with van der Waals surface area (Å²) >= 11 is 0.876. The van der Waals surface area contributed by atoms with Crippen molar-refractivity contribution in [3.63, 3.8) is 0 Å². The van der Waals surface area contributed by atoms with Gasteiger partial charge in [-0.1, -0.05) is 36.0 Å². The van der Waals surface area contributed by atoms with Crippen molar-refractivity contribution in [3.8, 4) is 11.5 Å². The third-order valence-electron chi connectivity index (χ3n) is 5.22. The van der Waals surface area contributed by atoms with E-state index in [4.69, 9.17) is 18.3 Å². The quantitative estimate of drug-likeness (QED) is 0.307. The third kappa shape index (κ3) is 8.70. The maximum atomic E-state index is 12.7. The fourth-order valence-electron chi connectivity index (χ4n) is 3.37. The predicted octanol–water partition coefficient (Wildman–Crippen LogP) is 4.36. The van der Waals surface area contributed by atoms with Gasteiger partial charge in [0, 0.05) is 7.05 Å². The molecule has 0 spiro atoms. The van der Waals surface area contributed by atoms with Crippen LogP contribution in [0, 0.1) is 6.92 Å². The predicted molar refractivity (Wildman–Crippen MR) is 130 cm³/mol. The van der Waals surface area contributed by atoms with E-state index in [0.717, 1.165) is 23.4 Å². The first-order valence-electron chi connectivity index (χ1n) is 11.2. The number of carbonyl (C=O) groups excluding carboxylic acids is 2. The van der Waals surface area contributed by atoms with Crippen molar-refractivity contribution in [2.24, 2.45) is 0 Å². The highest BCUT2D eigenvalue weighted by atomic mass is 32.2. The normalized spacial score (nSPS) is 13.0.